The number of rotatable bonds is 4. The van der Waals surface area contributed by atoms with Crippen LogP contribution < -0.4 is 0 Å². The van der Waals surface area contributed by atoms with Gasteiger partial charge in [0.25, 0.3) is 0 Å². The summed E-state index contributed by atoms with van der Waals surface area (Å²) in [4.78, 5) is 10.9. The van der Waals surface area contributed by atoms with Crippen LogP contribution in [0.5, 0.6) is 0 Å². The van der Waals surface area contributed by atoms with Gasteiger partial charge in [0.05, 0.1) is 17.5 Å². The van der Waals surface area contributed by atoms with Crippen LogP contribution in [0.15, 0.2) is 60.4 Å². The van der Waals surface area contributed by atoms with E-state index < -0.39 is 5.97 Å². The fourth-order valence-corrected chi connectivity index (χ4v) is 1.88. The smallest absolute Gasteiger partial charge is 0.335 e. The first-order chi connectivity index (χ1) is 10.2. The average molecular weight is 281 g/mol. The standard InChI is InChI=1S/C14H11N5O2/c20-14(21)11-3-5-12(6-4-11)19-7-1-2-13(19)8-17-18-9-15-16-10-18/h1-10H,(H,20,21)/b17-8-. The predicted molar refractivity (Wildman–Crippen MR) is 75.7 cm³/mol. The first-order valence-electron chi connectivity index (χ1n) is 6.14. The van der Waals surface area contributed by atoms with Gasteiger partial charge in [-0.3, -0.25) is 0 Å². The van der Waals surface area contributed by atoms with E-state index in [-0.39, 0.29) is 5.56 Å². The van der Waals surface area contributed by atoms with Gasteiger partial charge in [0.1, 0.15) is 12.7 Å². The summed E-state index contributed by atoms with van der Waals surface area (Å²) >= 11 is 0. The Hall–Kier alpha value is -3.22. The van der Waals surface area contributed by atoms with Crippen molar-refractivity contribution >= 4 is 12.2 Å². The Balaban J connectivity index is 1.89. The Labute approximate surface area is 119 Å². The molecular weight excluding hydrogens is 270 g/mol. The van der Waals surface area contributed by atoms with Gasteiger partial charge in [0, 0.05) is 11.9 Å². The maximum Gasteiger partial charge on any atom is 0.335 e. The van der Waals surface area contributed by atoms with Gasteiger partial charge in [-0.05, 0) is 36.4 Å². The van der Waals surface area contributed by atoms with Crippen molar-refractivity contribution in [2.24, 2.45) is 5.10 Å². The van der Waals surface area contributed by atoms with Crippen molar-refractivity contribution in [1.82, 2.24) is 19.4 Å². The molecule has 3 aromatic rings. The summed E-state index contributed by atoms with van der Waals surface area (Å²) in [7, 11) is 0. The van der Waals surface area contributed by atoms with Crippen molar-refractivity contribution in [2.45, 2.75) is 0 Å². The van der Waals surface area contributed by atoms with Crippen molar-refractivity contribution in [3.05, 3.63) is 66.5 Å². The average Bonchev–Trinajstić information content (AvgIpc) is 3.16. The monoisotopic (exact) mass is 281 g/mol. The summed E-state index contributed by atoms with van der Waals surface area (Å²) < 4.78 is 3.39. The second-order valence-corrected chi connectivity index (χ2v) is 4.24. The number of carbonyl (C=O) groups is 1. The van der Waals surface area contributed by atoms with Crippen LogP contribution in [0.2, 0.25) is 0 Å². The topological polar surface area (TPSA) is 85.3 Å². The minimum atomic E-state index is -0.941. The fraction of sp³-hybridized carbons (Fsp3) is 0. The molecule has 0 saturated heterocycles. The van der Waals surface area contributed by atoms with Gasteiger partial charge in [0.15, 0.2) is 0 Å². The van der Waals surface area contributed by atoms with E-state index in [2.05, 4.69) is 15.3 Å². The van der Waals surface area contributed by atoms with E-state index in [4.69, 9.17) is 5.11 Å². The lowest BCUT2D eigenvalue weighted by Gasteiger charge is -2.06. The minimum Gasteiger partial charge on any atom is -0.478 e. The Morgan fingerprint density at radius 2 is 1.86 bits per heavy atom. The molecular formula is C14H11N5O2. The number of benzene rings is 1. The van der Waals surface area contributed by atoms with Crippen molar-refractivity contribution in [2.75, 3.05) is 0 Å². The van der Waals surface area contributed by atoms with Crippen molar-refractivity contribution in [3.8, 4) is 5.69 Å². The van der Waals surface area contributed by atoms with Crippen LogP contribution in [0, 0.1) is 0 Å². The first kappa shape index (κ1) is 12.8. The van der Waals surface area contributed by atoms with Crippen LogP contribution in [0.25, 0.3) is 5.69 Å². The molecule has 0 bridgehead atoms. The number of hydrogen-bond acceptors (Lipinski definition) is 4. The Morgan fingerprint density at radius 1 is 1.14 bits per heavy atom. The van der Waals surface area contributed by atoms with E-state index in [0.717, 1.165) is 11.4 Å². The van der Waals surface area contributed by atoms with Crippen LogP contribution in [0.4, 0.5) is 0 Å². The number of carboxylic acids is 1. The van der Waals surface area contributed by atoms with Crippen molar-refractivity contribution < 1.29 is 9.90 Å². The van der Waals surface area contributed by atoms with E-state index in [0.29, 0.717) is 0 Å². The van der Waals surface area contributed by atoms with Gasteiger partial charge >= 0.3 is 5.97 Å². The van der Waals surface area contributed by atoms with Crippen LogP contribution in [-0.2, 0) is 0 Å². The summed E-state index contributed by atoms with van der Waals surface area (Å²) in [5.41, 5.74) is 1.97. The van der Waals surface area contributed by atoms with Crippen LogP contribution in [-0.4, -0.2) is 36.7 Å². The summed E-state index contributed by atoms with van der Waals surface area (Å²) in [6, 6.07) is 10.4. The highest BCUT2D eigenvalue weighted by Gasteiger charge is 2.04. The largest absolute Gasteiger partial charge is 0.478 e. The van der Waals surface area contributed by atoms with Crippen LogP contribution in [0.1, 0.15) is 16.1 Å². The molecule has 0 aliphatic heterocycles. The molecule has 0 radical (unpaired) electrons. The SMILES string of the molecule is O=C(O)c1ccc(-n2cccc2/C=N\n2cnnc2)cc1. The van der Waals surface area contributed by atoms with E-state index in [1.54, 1.807) is 30.5 Å². The molecule has 1 N–H and O–H groups in total. The van der Waals surface area contributed by atoms with E-state index in [1.807, 2.05) is 22.9 Å². The molecule has 0 atom stereocenters. The van der Waals surface area contributed by atoms with Gasteiger partial charge in [-0.15, -0.1) is 10.2 Å². The van der Waals surface area contributed by atoms with Gasteiger partial charge < -0.3 is 9.67 Å². The molecule has 0 spiro atoms. The summed E-state index contributed by atoms with van der Waals surface area (Å²) in [5.74, 6) is -0.941. The lowest BCUT2D eigenvalue weighted by molar-refractivity contribution is 0.0697. The molecule has 21 heavy (non-hydrogen) atoms. The van der Waals surface area contributed by atoms with Gasteiger partial charge in [-0.25, -0.2) is 9.47 Å². The quantitative estimate of drug-likeness (QED) is 0.737. The molecule has 2 aromatic heterocycles. The molecule has 0 aliphatic rings. The highest BCUT2D eigenvalue weighted by atomic mass is 16.4. The number of aromatic carboxylic acids is 1. The molecule has 7 nitrogen and oxygen atoms in total. The molecule has 0 aliphatic carbocycles. The Bertz CT molecular complexity index is 772. The normalized spacial score (nSPS) is 11.0. The highest BCUT2D eigenvalue weighted by Crippen LogP contribution is 2.13. The van der Waals surface area contributed by atoms with Gasteiger partial charge in [-0.1, -0.05) is 0 Å². The third kappa shape index (κ3) is 2.71. The molecule has 0 fully saturated rings. The lowest BCUT2D eigenvalue weighted by atomic mass is 10.2. The fourth-order valence-electron chi connectivity index (χ4n) is 1.88. The third-order valence-corrected chi connectivity index (χ3v) is 2.90. The number of hydrogen-bond donors (Lipinski definition) is 1. The van der Waals surface area contributed by atoms with Crippen molar-refractivity contribution in [3.63, 3.8) is 0 Å². The zero-order valence-electron chi connectivity index (χ0n) is 10.9. The predicted octanol–water partition coefficient (Wildman–Crippen LogP) is 1.65. The van der Waals surface area contributed by atoms with E-state index >= 15 is 0 Å². The highest BCUT2D eigenvalue weighted by molar-refractivity contribution is 5.87. The third-order valence-electron chi connectivity index (χ3n) is 2.90. The van der Waals surface area contributed by atoms with Crippen molar-refractivity contribution in [1.29, 1.82) is 0 Å². The zero-order valence-corrected chi connectivity index (χ0v) is 10.9. The molecule has 104 valence electrons. The molecule has 0 saturated carbocycles. The summed E-state index contributed by atoms with van der Waals surface area (Å²) in [6.07, 6.45) is 6.54. The summed E-state index contributed by atoms with van der Waals surface area (Å²) in [5, 5.41) is 20.4. The van der Waals surface area contributed by atoms with Crippen LogP contribution >= 0.6 is 0 Å². The van der Waals surface area contributed by atoms with E-state index in [1.165, 1.54) is 17.3 Å². The first-order valence-corrected chi connectivity index (χ1v) is 6.14. The van der Waals surface area contributed by atoms with Gasteiger partial charge in [0.2, 0.25) is 0 Å². The number of carboxylic acid groups (broad SMARTS) is 1. The Kier molecular flexibility index (Phi) is 3.30. The molecule has 3 rings (SSSR count). The molecule has 1 aromatic carbocycles. The second kappa shape index (κ2) is 5.41. The zero-order chi connectivity index (χ0) is 14.7. The number of aromatic nitrogens is 4. The minimum absolute atomic E-state index is 0.255. The summed E-state index contributed by atoms with van der Waals surface area (Å²) in [6.45, 7) is 0. The lowest BCUT2D eigenvalue weighted by Crippen LogP contribution is -2.01. The second-order valence-electron chi connectivity index (χ2n) is 4.24. The molecule has 0 amide bonds. The van der Waals surface area contributed by atoms with Gasteiger partial charge in [-0.2, -0.15) is 5.10 Å². The van der Waals surface area contributed by atoms with Crippen LogP contribution in [0.3, 0.4) is 0 Å². The molecule has 0 unspecified atom stereocenters. The Morgan fingerprint density at radius 3 is 2.52 bits per heavy atom. The molecule has 2 heterocycles. The molecule has 7 heteroatoms. The van der Waals surface area contributed by atoms with E-state index in [9.17, 15) is 4.79 Å². The maximum atomic E-state index is 10.9. The maximum absolute atomic E-state index is 10.9. The number of nitrogens with zero attached hydrogens (tertiary/aromatic N) is 5.